The molecule has 1 unspecified atom stereocenters. The topological polar surface area (TPSA) is 35.8 Å². The highest BCUT2D eigenvalue weighted by Crippen LogP contribution is 2.24. The molecule has 1 aromatic rings. The quantitative estimate of drug-likeness (QED) is 0.661. The molecule has 0 aliphatic carbocycles. The van der Waals surface area contributed by atoms with Crippen LogP contribution in [0.5, 0.6) is 0 Å². The monoisotopic (exact) mass is 330 g/mol. The molecule has 1 atom stereocenters. The SMILES string of the molecule is CC1CN(Cc2ccc(Br)cc2Cl)CC/C1=N\O. The molecule has 2 rings (SSSR count). The summed E-state index contributed by atoms with van der Waals surface area (Å²) in [4.78, 5) is 2.34. The van der Waals surface area contributed by atoms with E-state index >= 15 is 0 Å². The molecule has 0 saturated carbocycles. The number of benzene rings is 1. The summed E-state index contributed by atoms with van der Waals surface area (Å²) in [6, 6.07) is 5.98. The summed E-state index contributed by atoms with van der Waals surface area (Å²) in [7, 11) is 0. The lowest BCUT2D eigenvalue weighted by Gasteiger charge is -2.31. The van der Waals surface area contributed by atoms with Crippen LogP contribution in [0.4, 0.5) is 0 Å². The Labute approximate surface area is 121 Å². The lowest BCUT2D eigenvalue weighted by molar-refractivity contribution is 0.228. The van der Waals surface area contributed by atoms with Crippen LogP contribution in [0.25, 0.3) is 0 Å². The third kappa shape index (κ3) is 3.25. The van der Waals surface area contributed by atoms with E-state index in [0.717, 1.165) is 46.8 Å². The van der Waals surface area contributed by atoms with Crippen LogP contribution in [0.1, 0.15) is 18.9 Å². The Bertz CT molecular complexity index is 464. The summed E-state index contributed by atoms with van der Waals surface area (Å²) in [6.07, 6.45) is 0.825. The lowest BCUT2D eigenvalue weighted by Crippen LogP contribution is -2.39. The van der Waals surface area contributed by atoms with Crippen LogP contribution in [0.3, 0.4) is 0 Å². The van der Waals surface area contributed by atoms with Crippen molar-refractivity contribution in [3.63, 3.8) is 0 Å². The van der Waals surface area contributed by atoms with Gasteiger partial charge in [-0.15, -0.1) is 0 Å². The Morgan fingerprint density at radius 2 is 2.33 bits per heavy atom. The van der Waals surface area contributed by atoms with Crippen molar-refractivity contribution in [1.29, 1.82) is 0 Å². The fourth-order valence-electron chi connectivity index (χ4n) is 2.29. The number of hydrogen-bond acceptors (Lipinski definition) is 3. The minimum absolute atomic E-state index is 0.304. The number of halogens is 2. The largest absolute Gasteiger partial charge is 0.411 e. The van der Waals surface area contributed by atoms with Gasteiger partial charge in [-0.1, -0.05) is 45.7 Å². The number of likely N-dealkylation sites (tertiary alicyclic amines) is 1. The highest BCUT2D eigenvalue weighted by atomic mass is 79.9. The minimum atomic E-state index is 0.304. The van der Waals surface area contributed by atoms with Gasteiger partial charge >= 0.3 is 0 Å². The molecule has 0 spiro atoms. The van der Waals surface area contributed by atoms with E-state index in [1.807, 2.05) is 18.2 Å². The Kier molecular flexibility index (Phi) is 4.65. The maximum atomic E-state index is 8.86. The fourth-order valence-corrected chi connectivity index (χ4v) is 3.02. The second-order valence-corrected chi connectivity index (χ2v) is 6.04. The molecule has 1 heterocycles. The average Bonchev–Trinajstić information content (AvgIpc) is 2.33. The molecule has 0 aromatic heterocycles. The maximum absolute atomic E-state index is 8.86. The summed E-state index contributed by atoms with van der Waals surface area (Å²) in [5, 5.41) is 13.0. The highest BCUT2D eigenvalue weighted by molar-refractivity contribution is 9.10. The van der Waals surface area contributed by atoms with Crippen molar-refractivity contribution < 1.29 is 5.21 Å². The van der Waals surface area contributed by atoms with Gasteiger partial charge in [0.25, 0.3) is 0 Å². The van der Waals surface area contributed by atoms with Gasteiger partial charge in [-0.2, -0.15) is 0 Å². The summed E-state index contributed by atoms with van der Waals surface area (Å²) in [6.45, 7) is 4.75. The van der Waals surface area contributed by atoms with E-state index < -0.39 is 0 Å². The molecular formula is C13H16BrClN2O. The first kappa shape index (κ1) is 13.8. The van der Waals surface area contributed by atoms with Crippen LogP contribution >= 0.6 is 27.5 Å². The Morgan fingerprint density at radius 1 is 1.56 bits per heavy atom. The summed E-state index contributed by atoms with van der Waals surface area (Å²) in [5.74, 6) is 0.304. The van der Waals surface area contributed by atoms with Gasteiger partial charge < -0.3 is 5.21 Å². The number of nitrogens with zero attached hydrogens (tertiary/aromatic N) is 2. The third-order valence-electron chi connectivity index (χ3n) is 3.32. The fraction of sp³-hybridized carbons (Fsp3) is 0.462. The molecular weight excluding hydrogens is 316 g/mol. The molecule has 0 amide bonds. The summed E-state index contributed by atoms with van der Waals surface area (Å²) < 4.78 is 0.998. The van der Waals surface area contributed by atoms with Gasteiger partial charge in [-0.05, 0) is 17.7 Å². The van der Waals surface area contributed by atoms with Crippen molar-refractivity contribution in [2.45, 2.75) is 19.9 Å². The lowest BCUT2D eigenvalue weighted by atomic mass is 9.97. The van der Waals surface area contributed by atoms with Crippen LogP contribution < -0.4 is 0 Å². The van der Waals surface area contributed by atoms with Crippen molar-refractivity contribution in [3.05, 3.63) is 33.3 Å². The molecule has 18 heavy (non-hydrogen) atoms. The molecule has 1 N–H and O–H groups in total. The van der Waals surface area contributed by atoms with Crippen LogP contribution in [0.15, 0.2) is 27.8 Å². The smallest absolute Gasteiger partial charge is 0.0624 e. The predicted octanol–water partition coefficient (Wildman–Crippen LogP) is 3.77. The molecule has 1 aliphatic heterocycles. The van der Waals surface area contributed by atoms with Gasteiger partial charge in [0.1, 0.15) is 0 Å². The minimum Gasteiger partial charge on any atom is -0.411 e. The average molecular weight is 332 g/mol. The van der Waals surface area contributed by atoms with E-state index in [1.165, 1.54) is 0 Å². The van der Waals surface area contributed by atoms with E-state index in [0.29, 0.717) is 5.92 Å². The van der Waals surface area contributed by atoms with Crippen LogP contribution in [-0.2, 0) is 6.54 Å². The molecule has 3 nitrogen and oxygen atoms in total. The van der Waals surface area contributed by atoms with E-state index in [2.05, 4.69) is 32.9 Å². The van der Waals surface area contributed by atoms with Crippen LogP contribution in [0, 0.1) is 5.92 Å². The van der Waals surface area contributed by atoms with Crippen LogP contribution in [0.2, 0.25) is 5.02 Å². The van der Waals surface area contributed by atoms with Gasteiger partial charge in [-0.25, -0.2) is 0 Å². The number of oxime groups is 1. The van der Waals surface area contributed by atoms with E-state index in [4.69, 9.17) is 16.8 Å². The molecule has 0 bridgehead atoms. The normalized spacial score (nSPS) is 23.5. The standard InChI is InChI=1S/C13H16BrClN2O/c1-9-7-17(5-4-13(9)16-18)8-10-2-3-11(14)6-12(10)15/h2-3,6,9,18H,4-5,7-8H2,1H3/b16-13+. The highest BCUT2D eigenvalue weighted by Gasteiger charge is 2.22. The van der Waals surface area contributed by atoms with Gasteiger partial charge in [0.05, 0.1) is 5.71 Å². The van der Waals surface area contributed by atoms with Crippen molar-refractivity contribution in [2.75, 3.05) is 13.1 Å². The van der Waals surface area contributed by atoms with E-state index in [1.54, 1.807) is 0 Å². The Hall–Kier alpha value is -0.580. The first-order valence-electron chi connectivity index (χ1n) is 5.97. The van der Waals surface area contributed by atoms with Crippen LogP contribution in [-0.4, -0.2) is 28.9 Å². The Morgan fingerprint density at radius 3 is 2.94 bits per heavy atom. The summed E-state index contributed by atoms with van der Waals surface area (Å²) in [5.41, 5.74) is 2.03. The maximum Gasteiger partial charge on any atom is 0.0624 e. The Balaban J connectivity index is 2.02. The first-order valence-corrected chi connectivity index (χ1v) is 7.14. The predicted molar refractivity (Wildman–Crippen MR) is 77.4 cm³/mol. The zero-order valence-corrected chi connectivity index (χ0v) is 12.6. The van der Waals surface area contributed by atoms with Gasteiger partial charge in [0, 0.05) is 41.5 Å². The first-order chi connectivity index (χ1) is 8.60. The van der Waals surface area contributed by atoms with Crippen molar-refractivity contribution in [3.8, 4) is 0 Å². The second kappa shape index (κ2) is 6.04. The van der Waals surface area contributed by atoms with Gasteiger partial charge in [-0.3, -0.25) is 4.90 Å². The van der Waals surface area contributed by atoms with Crippen molar-refractivity contribution in [2.24, 2.45) is 11.1 Å². The van der Waals surface area contributed by atoms with E-state index in [-0.39, 0.29) is 0 Å². The molecule has 0 radical (unpaired) electrons. The zero-order valence-electron chi connectivity index (χ0n) is 10.2. The number of piperidine rings is 1. The molecule has 1 aromatic carbocycles. The molecule has 98 valence electrons. The molecule has 5 heteroatoms. The van der Waals surface area contributed by atoms with E-state index in [9.17, 15) is 0 Å². The third-order valence-corrected chi connectivity index (χ3v) is 4.17. The zero-order chi connectivity index (χ0) is 13.1. The number of hydrogen-bond donors (Lipinski definition) is 1. The summed E-state index contributed by atoms with van der Waals surface area (Å²) >= 11 is 9.63. The molecule has 1 fully saturated rings. The molecule has 1 saturated heterocycles. The van der Waals surface area contributed by atoms with Crippen molar-refractivity contribution >= 4 is 33.2 Å². The van der Waals surface area contributed by atoms with Gasteiger partial charge in [0.2, 0.25) is 0 Å². The van der Waals surface area contributed by atoms with Gasteiger partial charge in [0.15, 0.2) is 0 Å². The second-order valence-electron chi connectivity index (χ2n) is 4.71. The number of rotatable bonds is 2. The van der Waals surface area contributed by atoms with Crippen molar-refractivity contribution in [1.82, 2.24) is 4.90 Å². The molecule has 1 aliphatic rings.